The van der Waals surface area contributed by atoms with Crippen LogP contribution in [0.2, 0.25) is 0 Å². The first-order valence-electron chi connectivity index (χ1n) is 13.8. The molecule has 0 radical (unpaired) electrons. The molecular formula is C28H52N2O7. The molecule has 0 aromatic heterocycles. The molecule has 0 unspecified atom stereocenters. The molecule has 0 saturated carbocycles. The largest absolute Gasteiger partial charge is 0.396 e. The summed E-state index contributed by atoms with van der Waals surface area (Å²) >= 11 is 0. The van der Waals surface area contributed by atoms with Crippen LogP contribution in [-0.2, 0) is 23.7 Å². The molecule has 4 N–H and O–H groups in total. The Labute approximate surface area is 223 Å². The van der Waals surface area contributed by atoms with Gasteiger partial charge < -0.3 is 44.5 Å². The summed E-state index contributed by atoms with van der Waals surface area (Å²) in [5.74, 6) is -1.34. The Morgan fingerprint density at radius 2 is 0.811 bits per heavy atom. The molecule has 0 aliphatic carbocycles. The lowest BCUT2D eigenvalue weighted by Crippen LogP contribution is -2.67. The summed E-state index contributed by atoms with van der Waals surface area (Å²) in [6, 6.07) is 0. The molecule has 0 atom stereocenters. The molecule has 4 saturated heterocycles. The first-order chi connectivity index (χ1) is 16.9. The molecule has 4 fully saturated rings. The Morgan fingerprint density at radius 3 is 1.05 bits per heavy atom. The maximum Gasteiger partial charge on any atom is 0.171 e. The summed E-state index contributed by atoms with van der Waals surface area (Å²) in [5, 5.41) is 27.9. The molecule has 9 nitrogen and oxygen atoms in total. The van der Waals surface area contributed by atoms with Crippen LogP contribution < -0.4 is 10.6 Å². The number of ether oxygens (including phenoxy) is 5. The van der Waals surface area contributed by atoms with Crippen molar-refractivity contribution < 1.29 is 33.9 Å². The van der Waals surface area contributed by atoms with E-state index in [4.69, 9.17) is 23.7 Å². The summed E-state index contributed by atoms with van der Waals surface area (Å²) in [5.41, 5.74) is -1.79. The average Bonchev–Trinajstić information content (AvgIpc) is 2.73. The molecule has 4 aliphatic heterocycles. The zero-order chi connectivity index (χ0) is 27.4. The van der Waals surface area contributed by atoms with Gasteiger partial charge >= 0.3 is 0 Å². The lowest BCUT2D eigenvalue weighted by Gasteiger charge is -2.56. The van der Waals surface area contributed by atoms with E-state index in [9.17, 15) is 10.2 Å². The van der Waals surface area contributed by atoms with E-state index < -0.39 is 22.4 Å². The van der Waals surface area contributed by atoms with Crippen LogP contribution in [0, 0.1) is 10.8 Å². The van der Waals surface area contributed by atoms with E-state index in [0.29, 0.717) is 26.4 Å². The standard InChI is InChI=1S/C28H52N2O7/c1-21(2)9-27(10-22(3,4)29-21)34-17-25(13-31,18-35-27)15-33-16-26(14-32)19-36-28(37-20-26)11-23(5,6)30-24(7,8)12-28/h29-32H,9-20H2,1-8H3. The van der Waals surface area contributed by atoms with Crippen molar-refractivity contribution in [2.45, 2.75) is 115 Å². The number of piperidine rings is 2. The molecule has 0 aromatic rings. The quantitative estimate of drug-likeness (QED) is 0.413. The second kappa shape index (κ2) is 9.63. The minimum absolute atomic E-state index is 0.104. The van der Waals surface area contributed by atoms with Crippen molar-refractivity contribution in [2.75, 3.05) is 52.9 Å². The highest BCUT2D eigenvalue weighted by Crippen LogP contribution is 2.45. The SMILES string of the molecule is CC1(C)CC2(CC(C)(C)N1)OCC(CO)(COCC1(CO)COC3(CC(C)(C)NC(C)(C)C3)OC1)CO2. The Kier molecular flexibility index (Phi) is 7.71. The van der Waals surface area contributed by atoms with Gasteiger partial charge in [0.1, 0.15) is 0 Å². The van der Waals surface area contributed by atoms with Crippen molar-refractivity contribution in [3.8, 4) is 0 Å². The van der Waals surface area contributed by atoms with Gasteiger partial charge in [-0.05, 0) is 55.4 Å². The van der Waals surface area contributed by atoms with Crippen LogP contribution in [-0.4, -0.2) is 96.8 Å². The molecule has 37 heavy (non-hydrogen) atoms. The highest BCUT2D eigenvalue weighted by molar-refractivity contribution is 5.04. The third-order valence-electron chi connectivity index (χ3n) is 8.25. The van der Waals surface area contributed by atoms with Crippen LogP contribution >= 0.6 is 0 Å². The maximum atomic E-state index is 10.3. The van der Waals surface area contributed by atoms with Crippen molar-refractivity contribution in [1.82, 2.24) is 10.6 Å². The van der Waals surface area contributed by atoms with Gasteiger partial charge in [-0.25, -0.2) is 0 Å². The van der Waals surface area contributed by atoms with Gasteiger partial charge in [0.05, 0.1) is 63.7 Å². The van der Waals surface area contributed by atoms with Crippen molar-refractivity contribution in [3.05, 3.63) is 0 Å². The Bertz CT molecular complexity index is 707. The molecule has 4 aliphatic rings. The number of rotatable bonds is 6. The normalized spacial score (nSPS) is 32.3. The van der Waals surface area contributed by atoms with Crippen molar-refractivity contribution in [3.63, 3.8) is 0 Å². The monoisotopic (exact) mass is 528 g/mol. The Hall–Kier alpha value is -0.360. The summed E-state index contributed by atoms with van der Waals surface area (Å²) in [6.45, 7) is 19.1. The highest BCUT2D eigenvalue weighted by atomic mass is 16.7. The van der Waals surface area contributed by atoms with E-state index >= 15 is 0 Å². The zero-order valence-electron chi connectivity index (χ0n) is 24.4. The molecule has 216 valence electrons. The van der Waals surface area contributed by atoms with E-state index in [1.165, 1.54) is 0 Å². The summed E-state index contributed by atoms with van der Waals surface area (Å²) in [4.78, 5) is 0. The molecule has 0 aromatic carbocycles. The topological polar surface area (TPSA) is 111 Å². The molecule has 9 heteroatoms. The van der Waals surface area contributed by atoms with Gasteiger partial charge in [-0.15, -0.1) is 0 Å². The van der Waals surface area contributed by atoms with Crippen LogP contribution in [0.4, 0.5) is 0 Å². The molecule has 2 spiro atoms. The number of hydrogen-bond acceptors (Lipinski definition) is 9. The molecular weight excluding hydrogens is 476 g/mol. The first kappa shape index (κ1) is 29.6. The maximum absolute atomic E-state index is 10.3. The fourth-order valence-corrected chi connectivity index (χ4v) is 7.47. The molecule has 0 bridgehead atoms. The number of hydrogen-bond donors (Lipinski definition) is 4. The van der Waals surface area contributed by atoms with Gasteiger partial charge in [-0.2, -0.15) is 0 Å². The number of aliphatic hydroxyl groups is 2. The van der Waals surface area contributed by atoms with Crippen LogP contribution in [0.15, 0.2) is 0 Å². The minimum Gasteiger partial charge on any atom is -0.396 e. The van der Waals surface area contributed by atoms with Gasteiger partial charge in [-0.1, -0.05) is 0 Å². The smallest absolute Gasteiger partial charge is 0.171 e. The summed E-state index contributed by atoms with van der Waals surface area (Å²) in [6.07, 6.45) is 2.94. The number of nitrogens with one attached hydrogen (secondary N) is 2. The van der Waals surface area contributed by atoms with Crippen molar-refractivity contribution in [2.24, 2.45) is 10.8 Å². The van der Waals surface area contributed by atoms with Gasteiger partial charge in [0.25, 0.3) is 0 Å². The summed E-state index contributed by atoms with van der Waals surface area (Å²) in [7, 11) is 0. The van der Waals surface area contributed by atoms with E-state index in [0.717, 1.165) is 25.7 Å². The summed E-state index contributed by atoms with van der Waals surface area (Å²) < 4.78 is 31.7. The second-order valence-electron chi connectivity index (χ2n) is 15.3. The van der Waals surface area contributed by atoms with Crippen molar-refractivity contribution in [1.29, 1.82) is 0 Å². The van der Waals surface area contributed by atoms with Gasteiger partial charge in [0.15, 0.2) is 11.6 Å². The average molecular weight is 529 g/mol. The van der Waals surface area contributed by atoms with Crippen LogP contribution in [0.3, 0.4) is 0 Å². The Morgan fingerprint density at radius 1 is 0.541 bits per heavy atom. The Balaban J connectivity index is 1.33. The van der Waals surface area contributed by atoms with Gasteiger partial charge in [0, 0.05) is 47.8 Å². The first-order valence-corrected chi connectivity index (χ1v) is 13.8. The predicted octanol–water partition coefficient (Wildman–Crippen LogP) is 2.33. The minimum atomic E-state index is -0.668. The lowest BCUT2D eigenvalue weighted by atomic mass is 9.77. The lowest BCUT2D eigenvalue weighted by molar-refractivity contribution is -0.344. The van der Waals surface area contributed by atoms with Crippen LogP contribution in [0.25, 0.3) is 0 Å². The van der Waals surface area contributed by atoms with Gasteiger partial charge in [-0.3, -0.25) is 0 Å². The highest BCUT2D eigenvalue weighted by Gasteiger charge is 2.55. The molecule has 4 heterocycles. The van der Waals surface area contributed by atoms with Gasteiger partial charge in [0.2, 0.25) is 0 Å². The predicted molar refractivity (Wildman–Crippen MR) is 140 cm³/mol. The fourth-order valence-electron chi connectivity index (χ4n) is 7.47. The van der Waals surface area contributed by atoms with Crippen molar-refractivity contribution >= 4 is 0 Å². The third-order valence-corrected chi connectivity index (χ3v) is 8.25. The van der Waals surface area contributed by atoms with Crippen LogP contribution in [0.5, 0.6) is 0 Å². The molecule has 4 rings (SSSR count). The van der Waals surface area contributed by atoms with E-state index in [1.54, 1.807) is 0 Å². The van der Waals surface area contributed by atoms with E-state index in [2.05, 4.69) is 66.0 Å². The molecule has 0 amide bonds. The number of aliphatic hydroxyl groups excluding tert-OH is 2. The second-order valence-corrected chi connectivity index (χ2v) is 15.3. The zero-order valence-corrected chi connectivity index (χ0v) is 24.4. The third kappa shape index (κ3) is 6.69. The fraction of sp³-hybridized carbons (Fsp3) is 1.00. The van der Waals surface area contributed by atoms with E-state index in [1.807, 2.05) is 0 Å². The van der Waals surface area contributed by atoms with E-state index in [-0.39, 0.29) is 48.6 Å². The van der Waals surface area contributed by atoms with Crippen LogP contribution in [0.1, 0.15) is 81.1 Å².